The third-order valence-corrected chi connectivity index (χ3v) is 15.3. The zero-order valence-electron chi connectivity index (χ0n) is 54.7. The van der Waals surface area contributed by atoms with Crippen LogP contribution in [0.3, 0.4) is 0 Å². The summed E-state index contributed by atoms with van der Waals surface area (Å²) >= 11 is 0. The lowest BCUT2D eigenvalue weighted by atomic mass is 10.0. The first-order valence-electron chi connectivity index (χ1n) is 35.4. The molecule has 83 heavy (non-hydrogen) atoms. The number of hydrogen-bond acceptors (Lipinski definition) is 6. The van der Waals surface area contributed by atoms with Gasteiger partial charge < -0.3 is 14.2 Å². The van der Waals surface area contributed by atoms with E-state index in [4.69, 9.17) is 14.2 Å². The summed E-state index contributed by atoms with van der Waals surface area (Å²) in [4.78, 5) is 38.3. The fourth-order valence-electron chi connectivity index (χ4n) is 9.99. The van der Waals surface area contributed by atoms with E-state index in [0.29, 0.717) is 19.3 Å². The van der Waals surface area contributed by atoms with Crippen LogP contribution in [0, 0.1) is 0 Å². The lowest BCUT2D eigenvalue weighted by Crippen LogP contribution is -2.30. The summed E-state index contributed by atoms with van der Waals surface area (Å²) in [5.41, 5.74) is 0. The fourth-order valence-corrected chi connectivity index (χ4v) is 9.99. The Labute approximate surface area is 514 Å². The van der Waals surface area contributed by atoms with Gasteiger partial charge in [-0.2, -0.15) is 0 Å². The van der Waals surface area contributed by atoms with E-state index in [2.05, 4.69) is 130 Å². The molecule has 0 spiro atoms. The number of carbonyl (C=O) groups is 3. The van der Waals surface area contributed by atoms with Crippen molar-refractivity contribution in [3.8, 4) is 0 Å². The summed E-state index contributed by atoms with van der Waals surface area (Å²) in [5.74, 6) is -0.869. The molecule has 0 saturated heterocycles. The number of rotatable bonds is 64. The number of hydrogen-bond donors (Lipinski definition) is 0. The Bertz CT molecular complexity index is 1660. The van der Waals surface area contributed by atoms with Gasteiger partial charge >= 0.3 is 17.9 Å². The van der Waals surface area contributed by atoms with Crippen LogP contribution in [0.25, 0.3) is 0 Å². The Morgan fingerprint density at radius 3 is 0.747 bits per heavy atom. The highest BCUT2D eigenvalue weighted by molar-refractivity contribution is 5.71. The quantitative estimate of drug-likeness (QED) is 0.0261. The SMILES string of the molecule is CC/C=C\C/C=C\C/C=C\C/C=C\C/C=C\C/C=C\C/C=C\C/C=C\CCCCCCCCCCCCC(=O)OCC(COC(=O)CCCCCCCCCCCCC)OC(=O)CCCCCCCCCCC/C=C\CCCCCCCC. The maximum atomic E-state index is 12.9. The van der Waals surface area contributed by atoms with Crippen LogP contribution in [0.1, 0.15) is 342 Å². The summed E-state index contributed by atoms with van der Waals surface area (Å²) < 4.78 is 16.9. The van der Waals surface area contributed by atoms with Gasteiger partial charge in [0.25, 0.3) is 0 Å². The molecule has 0 heterocycles. The fraction of sp³-hybridized carbons (Fsp3) is 0.727. The predicted molar refractivity (Wildman–Crippen MR) is 362 cm³/mol. The average molecular weight is 1150 g/mol. The number of carbonyl (C=O) groups excluding carboxylic acids is 3. The van der Waals surface area contributed by atoms with Crippen LogP contribution in [0.15, 0.2) is 109 Å². The molecule has 1 atom stereocenters. The van der Waals surface area contributed by atoms with Gasteiger partial charge in [-0.15, -0.1) is 0 Å². The first-order valence-corrected chi connectivity index (χ1v) is 35.4. The minimum absolute atomic E-state index is 0.0759. The van der Waals surface area contributed by atoms with E-state index in [-0.39, 0.29) is 31.1 Å². The van der Waals surface area contributed by atoms with Crippen LogP contribution >= 0.6 is 0 Å². The van der Waals surface area contributed by atoms with Crippen LogP contribution in [0.4, 0.5) is 0 Å². The number of esters is 3. The van der Waals surface area contributed by atoms with E-state index < -0.39 is 6.10 Å². The van der Waals surface area contributed by atoms with Gasteiger partial charge in [-0.1, -0.05) is 323 Å². The smallest absolute Gasteiger partial charge is 0.306 e. The molecule has 0 fully saturated rings. The molecule has 0 aliphatic carbocycles. The number of allylic oxidation sites excluding steroid dienone is 18. The van der Waals surface area contributed by atoms with Crippen molar-refractivity contribution < 1.29 is 28.6 Å². The molecular formula is C77H132O6. The first kappa shape index (κ1) is 79.1. The van der Waals surface area contributed by atoms with Gasteiger partial charge in [0.05, 0.1) is 0 Å². The molecule has 0 aromatic carbocycles. The minimum atomic E-state index is -0.780. The van der Waals surface area contributed by atoms with Crippen LogP contribution < -0.4 is 0 Å². The van der Waals surface area contributed by atoms with Crippen molar-refractivity contribution >= 4 is 17.9 Å². The van der Waals surface area contributed by atoms with Crippen molar-refractivity contribution in [3.63, 3.8) is 0 Å². The maximum Gasteiger partial charge on any atom is 0.306 e. The molecule has 0 aliphatic rings. The van der Waals surface area contributed by atoms with Gasteiger partial charge in [0.1, 0.15) is 13.2 Å². The molecule has 0 aromatic rings. The van der Waals surface area contributed by atoms with Crippen LogP contribution in [-0.4, -0.2) is 37.2 Å². The number of unbranched alkanes of at least 4 members (excludes halogenated alkanes) is 35. The summed E-state index contributed by atoms with van der Waals surface area (Å²) in [6.07, 6.45) is 96.9. The van der Waals surface area contributed by atoms with E-state index in [1.54, 1.807) is 0 Å². The Kier molecular flexibility index (Phi) is 67.2. The van der Waals surface area contributed by atoms with Gasteiger partial charge in [-0.3, -0.25) is 14.4 Å². The molecule has 0 bridgehead atoms. The highest BCUT2D eigenvalue weighted by Crippen LogP contribution is 2.17. The molecule has 6 heteroatoms. The van der Waals surface area contributed by atoms with Gasteiger partial charge in [-0.05, 0) is 109 Å². The second-order valence-electron chi connectivity index (χ2n) is 23.4. The third kappa shape index (κ3) is 68.7. The predicted octanol–water partition coefficient (Wildman–Crippen LogP) is 24.6. The van der Waals surface area contributed by atoms with E-state index in [0.717, 1.165) is 109 Å². The molecule has 476 valence electrons. The Morgan fingerprint density at radius 2 is 0.470 bits per heavy atom. The highest BCUT2D eigenvalue weighted by Gasteiger charge is 2.19. The Hall–Kier alpha value is -3.93. The molecule has 0 radical (unpaired) electrons. The molecule has 6 nitrogen and oxygen atoms in total. The second-order valence-corrected chi connectivity index (χ2v) is 23.4. The molecular weight excluding hydrogens is 1020 g/mol. The molecule has 0 N–H and O–H groups in total. The van der Waals surface area contributed by atoms with E-state index >= 15 is 0 Å². The Balaban J connectivity index is 4.20. The molecule has 1 unspecified atom stereocenters. The zero-order valence-corrected chi connectivity index (χ0v) is 54.7. The maximum absolute atomic E-state index is 12.9. The van der Waals surface area contributed by atoms with Gasteiger partial charge in [0, 0.05) is 19.3 Å². The normalized spacial score (nSPS) is 12.8. The Morgan fingerprint density at radius 1 is 0.253 bits per heavy atom. The van der Waals surface area contributed by atoms with Crippen molar-refractivity contribution in [2.45, 2.75) is 348 Å². The molecule has 0 rings (SSSR count). The van der Waals surface area contributed by atoms with E-state index in [1.165, 1.54) is 193 Å². The standard InChI is InChI=1S/C77H132O6/c1-4-7-10-13-16-19-22-24-26-28-30-31-32-33-34-35-36-37-38-39-40-41-42-43-44-45-47-48-50-52-55-58-61-64-67-70-76(79)82-73-74(72-81-75(78)69-66-63-60-57-54-21-18-15-12-9-6-3)83-77(80)71-68-65-62-59-56-53-51-49-46-29-27-25-23-20-17-14-11-8-5-2/h7,10,16,19,24-27,30-31,33-34,36-37,39-40,42-43,74H,4-6,8-9,11-15,17-18,20-23,28-29,32,35,38,41,44-73H2,1-3H3/b10-7-,19-16-,26-24-,27-25-,31-30-,34-33-,37-36-,40-39-,43-42-. The molecule has 0 saturated carbocycles. The average Bonchev–Trinajstić information content (AvgIpc) is 3.48. The van der Waals surface area contributed by atoms with Crippen molar-refractivity contribution in [1.29, 1.82) is 0 Å². The van der Waals surface area contributed by atoms with E-state index in [1.807, 2.05) is 0 Å². The monoisotopic (exact) mass is 1150 g/mol. The number of ether oxygens (including phenoxy) is 3. The first-order chi connectivity index (χ1) is 41.0. The molecule has 0 aromatic heterocycles. The van der Waals surface area contributed by atoms with Crippen molar-refractivity contribution in [3.05, 3.63) is 109 Å². The van der Waals surface area contributed by atoms with Crippen LogP contribution in [-0.2, 0) is 28.6 Å². The third-order valence-electron chi connectivity index (χ3n) is 15.3. The highest BCUT2D eigenvalue weighted by atomic mass is 16.6. The second kappa shape index (κ2) is 70.6. The summed E-state index contributed by atoms with van der Waals surface area (Å²) in [7, 11) is 0. The van der Waals surface area contributed by atoms with Gasteiger partial charge in [-0.25, -0.2) is 0 Å². The zero-order chi connectivity index (χ0) is 59.9. The lowest BCUT2D eigenvalue weighted by Gasteiger charge is -2.18. The van der Waals surface area contributed by atoms with Crippen LogP contribution in [0.2, 0.25) is 0 Å². The van der Waals surface area contributed by atoms with Crippen molar-refractivity contribution in [2.75, 3.05) is 13.2 Å². The van der Waals surface area contributed by atoms with E-state index in [9.17, 15) is 14.4 Å². The summed E-state index contributed by atoms with van der Waals surface area (Å²) in [6, 6.07) is 0. The summed E-state index contributed by atoms with van der Waals surface area (Å²) in [6.45, 7) is 6.54. The minimum Gasteiger partial charge on any atom is -0.462 e. The van der Waals surface area contributed by atoms with Gasteiger partial charge in [0.2, 0.25) is 0 Å². The summed E-state index contributed by atoms with van der Waals surface area (Å²) in [5, 5.41) is 0. The van der Waals surface area contributed by atoms with Crippen molar-refractivity contribution in [2.24, 2.45) is 0 Å². The topological polar surface area (TPSA) is 78.9 Å². The molecule has 0 amide bonds. The molecule has 0 aliphatic heterocycles. The lowest BCUT2D eigenvalue weighted by molar-refractivity contribution is -0.167. The van der Waals surface area contributed by atoms with Crippen molar-refractivity contribution in [1.82, 2.24) is 0 Å². The van der Waals surface area contributed by atoms with Crippen LogP contribution in [0.5, 0.6) is 0 Å². The largest absolute Gasteiger partial charge is 0.462 e. The van der Waals surface area contributed by atoms with Gasteiger partial charge in [0.15, 0.2) is 6.10 Å².